The van der Waals surface area contributed by atoms with Gasteiger partial charge in [0.25, 0.3) is 11.8 Å². The van der Waals surface area contributed by atoms with Gasteiger partial charge in [0.1, 0.15) is 17.3 Å². The number of hydrogen-bond acceptors (Lipinski definition) is 2. The summed E-state index contributed by atoms with van der Waals surface area (Å²) in [7, 11) is 0. The molecule has 5 aromatic rings. The van der Waals surface area contributed by atoms with Gasteiger partial charge >= 0.3 is 0 Å². The first-order valence-electron chi connectivity index (χ1n) is 11.7. The van der Waals surface area contributed by atoms with Gasteiger partial charge in [-0.15, -0.1) is 0 Å². The van der Waals surface area contributed by atoms with Crippen LogP contribution in [0.1, 0.15) is 32.0 Å². The van der Waals surface area contributed by atoms with Crippen LogP contribution in [0.5, 0.6) is 0 Å². The zero-order valence-corrected chi connectivity index (χ0v) is 19.7. The smallest absolute Gasteiger partial charge is 0.268 e. The van der Waals surface area contributed by atoms with Crippen LogP contribution in [-0.2, 0) is 13.1 Å². The number of halogens is 2. The molecule has 0 radical (unpaired) electrons. The third-order valence-corrected chi connectivity index (χ3v) is 6.00. The number of carbonyl (C=O) groups excluding carboxylic acids is 2. The highest BCUT2D eigenvalue weighted by atomic mass is 19.1. The first-order chi connectivity index (χ1) is 18.0. The van der Waals surface area contributed by atoms with Crippen molar-refractivity contribution in [3.63, 3.8) is 0 Å². The molecular formula is C30H23F2N3O2. The number of benzene rings is 4. The van der Waals surface area contributed by atoms with Gasteiger partial charge in [0, 0.05) is 35.2 Å². The molecule has 0 fully saturated rings. The fourth-order valence-electron chi connectivity index (χ4n) is 4.23. The fraction of sp³-hybridized carbons (Fsp3) is 0.0667. The number of fused-ring (bicyclic) bond motifs is 1. The zero-order valence-electron chi connectivity index (χ0n) is 19.7. The van der Waals surface area contributed by atoms with Gasteiger partial charge in [0.05, 0.1) is 0 Å². The predicted octanol–water partition coefficient (Wildman–Crippen LogP) is 6.15. The number of amides is 2. The maximum absolute atomic E-state index is 13.9. The molecule has 0 aliphatic carbocycles. The second kappa shape index (κ2) is 10.5. The van der Waals surface area contributed by atoms with Gasteiger partial charge in [-0.3, -0.25) is 9.59 Å². The Kier molecular flexibility index (Phi) is 6.76. The van der Waals surface area contributed by atoms with Crippen LogP contribution in [0.3, 0.4) is 0 Å². The number of hydrogen-bond donors (Lipinski definition) is 2. The highest BCUT2D eigenvalue weighted by molar-refractivity contribution is 6.06. The summed E-state index contributed by atoms with van der Waals surface area (Å²) in [6.07, 6.45) is 0. The summed E-state index contributed by atoms with van der Waals surface area (Å²) >= 11 is 0. The van der Waals surface area contributed by atoms with E-state index in [9.17, 15) is 18.4 Å². The largest absolute Gasteiger partial charge is 0.347 e. The van der Waals surface area contributed by atoms with Crippen LogP contribution in [-0.4, -0.2) is 16.4 Å². The second-order valence-corrected chi connectivity index (χ2v) is 8.65. The number of anilines is 1. The zero-order chi connectivity index (χ0) is 25.8. The quantitative estimate of drug-likeness (QED) is 0.285. The van der Waals surface area contributed by atoms with Crippen LogP contribution >= 0.6 is 0 Å². The van der Waals surface area contributed by atoms with E-state index in [0.717, 1.165) is 16.5 Å². The maximum Gasteiger partial charge on any atom is 0.268 e. The number of aromatic nitrogens is 1. The van der Waals surface area contributed by atoms with Gasteiger partial charge in [0.15, 0.2) is 0 Å². The van der Waals surface area contributed by atoms with Gasteiger partial charge in [-0.05, 0) is 65.7 Å². The van der Waals surface area contributed by atoms with E-state index >= 15 is 0 Å². The molecule has 0 bridgehead atoms. The van der Waals surface area contributed by atoms with Crippen molar-refractivity contribution in [3.8, 4) is 0 Å². The summed E-state index contributed by atoms with van der Waals surface area (Å²) in [6.45, 7) is 0.639. The van der Waals surface area contributed by atoms with Gasteiger partial charge in [0.2, 0.25) is 0 Å². The molecule has 0 aliphatic heterocycles. The summed E-state index contributed by atoms with van der Waals surface area (Å²) in [6, 6.07) is 28.3. The lowest BCUT2D eigenvalue weighted by Gasteiger charge is -2.12. The number of rotatable bonds is 7. The fourth-order valence-corrected chi connectivity index (χ4v) is 4.23. The Morgan fingerprint density at radius 3 is 2.19 bits per heavy atom. The van der Waals surface area contributed by atoms with Crippen molar-refractivity contribution < 1.29 is 18.4 Å². The Morgan fingerprint density at radius 2 is 1.43 bits per heavy atom. The minimum Gasteiger partial charge on any atom is -0.347 e. The molecule has 0 atom stereocenters. The molecule has 4 aromatic carbocycles. The number of nitrogens with zero attached hydrogens (tertiary/aromatic N) is 1. The summed E-state index contributed by atoms with van der Waals surface area (Å²) in [5.74, 6) is -1.57. The summed E-state index contributed by atoms with van der Waals surface area (Å²) in [5.41, 5.74) is 3.52. The normalized spacial score (nSPS) is 10.9. The molecular weight excluding hydrogens is 472 g/mol. The molecule has 1 aromatic heterocycles. The molecule has 2 N–H and O–H groups in total. The van der Waals surface area contributed by atoms with Crippen molar-refractivity contribution in [3.05, 3.63) is 137 Å². The van der Waals surface area contributed by atoms with Gasteiger partial charge in [-0.25, -0.2) is 8.78 Å². The molecule has 2 amide bonds. The average molecular weight is 496 g/mol. The van der Waals surface area contributed by atoms with Crippen molar-refractivity contribution in [2.75, 3.05) is 5.32 Å². The molecule has 37 heavy (non-hydrogen) atoms. The molecule has 7 heteroatoms. The van der Waals surface area contributed by atoms with Gasteiger partial charge < -0.3 is 15.2 Å². The first kappa shape index (κ1) is 23.9. The van der Waals surface area contributed by atoms with Crippen molar-refractivity contribution in [2.45, 2.75) is 13.1 Å². The van der Waals surface area contributed by atoms with Crippen molar-refractivity contribution in [1.82, 2.24) is 9.88 Å². The van der Waals surface area contributed by atoms with E-state index in [1.54, 1.807) is 36.4 Å². The molecule has 0 spiro atoms. The molecule has 5 rings (SSSR count). The molecule has 1 heterocycles. The van der Waals surface area contributed by atoms with Crippen LogP contribution < -0.4 is 10.6 Å². The van der Waals surface area contributed by atoms with E-state index in [1.807, 2.05) is 34.9 Å². The monoisotopic (exact) mass is 495 g/mol. The Labute approximate surface area is 212 Å². The average Bonchev–Trinajstić information content (AvgIpc) is 3.25. The Balaban J connectivity index is 1.46. The van der Waals surface area contributed by atoms with E-state index in [0.29, 0.717) is 23.5 Å². The Hall–Kier alpha value is -4.78. The topological polar surface area (TPSA) is 63.1 Å². The van der Waals surface area contributed by atoms with E-state index < -0.39 is 11.7 Å². The molecule has 0 aliphatic rings. The lowest BCUT2D eigenvalue weighted by molar-refractivity contribution is 0.0941. The molecule has 5 nitrogen and oxygen atoms in total. The summed E-state index contributed by atoms with van der Waals surface area (Å²) in [5, 5.41) is 6.44. The highest BCUT2D eigenvalue weighted by Gasteiger charge is 2.17. The number of carbonyl (C=O) groups is 2. The predicted molar refractivity (Wildman–Crippen MR) is 139 cm³/mol. The van der Waals surface area contributed by atoms with Crippen LogP contribution in [0.2, 0.25) is 0 Å². The first-order valence-corrected chi connectivity index (χ1v) is 11.7. The number of nitrogens with one attached hydrogen (secondary N) is 2. The van der Waals surface area contributed by atoms with Crippen molar-refractivity contribution in [1.29, 1.82) is 0 Å². The molecule has 0 unspecified atom stereocenters. The van der Waals surface area contributed by atoms with E-state index in [2.05, 4.69) is 10.6 Å². The third-order valence-electron chi connectivity index (χ3n) is 6.00. The third kappa shape index (κ3) is 5.56. The summed E-state index contributed by atoms with van der Waals surface area (Å²) in [4.78, 5) is 25.8. The standard InChI is InChI=1S/C30H23F2N3O2/c31-24-10-4-8-21(14-24)19-35-27-13-12-26(34-29(36)22-9-5-11-25(32)15-22)16-23(27)17-28(35)30(37)33-18-20-6-2-1-3-7-20/h1-17H,18-19H2,(H,33,37)(H,34,36). The highest BCUT2D eigenvalue weighted by Crippen LogP contribution is 2.26. The Bertz CT molecular complexity index is 1600. The minimum atomic E-state index is -0.497. The van der Waals surface area contributed by atoms with Crippen molar-refractivity contribution >= 4 is 28.4 Å². The van der Waals surface area contributed by atoms with Crippen LogP contribution in [0, 0.1) is 11.6 Å². The minimum absolute atomic E-state index is 0.199. The molecule has 184 valence electrons. The lowest BCUT2D eigenvalue weighted by Crippen LogP contribution is -2.25. The van der Waals surface area contributed by atoms with E-state index in [-0.39, 0.29) is 23.8 Å². The van der Waals surface area contributed by atoms with Crippen molar-refractivity contribution in [2.24, 2.45) is 0 Å². The maximum atomic E-state index is 13.9. The Morgan fingerprint density at radius 1 is 0.703 bits per heavy atom. The van der Waals surface area contributed by atoms with E-state index in [4.69, 9.17) is 0 Å². The van der Waals surface area contributed by atoms with Gasteiger partial charge in [-0.2, -0.15) is 0 Å². The molecule has 0 saturated carbocycles. The van der Waals surface area contributed by atoms with Gasteiger partial charge in [-0.1, -0.05) is 48.5 Å². The lowest BCUT2D eigenvalue weighted by atomic mass is 10.2. The van der Waals surface area contributed by atoms with Crippen LogP contribution in [0.4, 0.5) is 14.5 Å². The summed E-state index contributed by atoms with van der Waals surface area (Å²) < 4.78 is 29.2. The van der Waals surface area contributed by atoms with E-state index in [1.165, 1.54) is 36.4 Å². The van der Waals surface area contributed by atoms with Crippen LogP contribution in [0.15, 0.2) is 103 Å². The molecule has 0 saturated heterocycles. The van der Waals surface area contributed by atoms with Crippen LogP contribution in [0.25, 0.3) is 10.9 Å². The second-order valence-electron chi connectivity index (χ2n) is 8.65. The SMILES string of the molecule is O=C(Nc1ccc2c(c1)cc(C(=O)NCc1ccccc1)n2Cc1cccc(F)c1)c1cccc(F)c1.